The Morgan fingerprint density at radius 1 is 1.24 bits per heavy atom. The third kappa shape index (κ3) is 5.92. The van der Waals surface area contributed by atoms with Crippen molar-refractivity contribution >= 4 is 45.9 Å². The fourth-order valence-electron chi connectivity index (χ4n) is 2.40. The van der Waals surface area contributed by atoms with Gasteiger partial charge in [0.05, 0.1) is 21.7 Å². The van der Waals surface area contributed by atoms with Gasteiger partial charge in [-0.3, -0.25) is 14.9 Å². The molecule has 0 saturated heterocycles. The van der Waals surface area contributed by atoms with Crippen molar-refractivity contribution in [2.45, 2.75) is 13.8 Å². The van der Waals surface area contributed by atoms with Crippen LogP contribution in [0.2, 0.25) is 0 Å². The third-order valence-corrected chi connectivity index (χ3v) is 4.43. The second-order valence-electron chi connectivity index (χ2n) is 5.62. The van der Waals surface area contributed by atoms with E-state index < -0.39 is 10.8 Å². The highest BCUT2D eigenvalue weighted by molar-refractivity contribution is 14.1. The standard InChI is InChI=1S/C20H18IN3O5/c1-3-28-18-11-13(10-17(21)19(18)29-4-2)9-14(12-22)20(25)23-15-5-7-16(8-6-15)24(26)27/h5-11H,3-4H2,1-2H3,(H,23,25)/b14-9-. The molecule has 150 valence electrons. The highest BCUT2D eigenvalue weighted by Crippen LogP contribution is 2.35. The van der Waals surface area contributed by atoms with Crippen molar-refractivity contribution in [3.63, 3.8) is 0 Å². The molecule has 0 unspecified atom stereocenters. The predicted molar refractivity (Wildman–Crippen MR) is 117 cm³/mol. The van der Waals surface area contributed by atoms with Crippen LogP contribution < -0.4 is 14.8 Å². The van der Waals surface area contributed by atoms with Gasteiger partial charge in [0.25, 0.3) is 11.6 Å². The first-order valence-electron chi connectivity index (χ1n) is 8.66. The summed E-state index contributed by atoms with van der Waals surface area (Å²) >= 11 is 2.10. The minimum Gasteiger partial charge on any atom is -0.490 e. The van der Waals surface area contributed by atoms with Gasteiger partial charge in [0, 0.05) is 17.8 Å². The summed E-state index contributed by atoms with van der Waals surface area (Å²) in [5.74, 6) is 0.518. The lowest BCUT2D eigenvalue weighted by Crippen LogP contribution is -2.13. The molecule has 0 saturated carbocycles. The molecule has 8 nitrogen and oxygen atoms in total. The number of nitrogens with zero attached hydrogens (tertiary/aromatic N) is 2. The van der Waals surface area contributed by atoms with Crippen molar-refractivity contribution in [1.29, 1.82) is 5.26 Å². The predicted octanol–water partition coefficient (Wildman–Crippen LogP) is 4.54. The van der Waals surface area contributed by atoms with Crippen LogP contribution in [0.3, 0.4) is 0 Å². The second kappa shape index (κ2) is 10.4. The van der Waals surface area contributed by atoms with E-state index >= 15 is 0 Å². The molecular weight excluding hydrogens is 489 g/mol. The van der Waals surface area contributed by atoms with Crippen molar-refractivity contribution in [3.8, 4) is 17.6 Å². The summed E-state index contributed by atoms with van der Waals surface area (Å²) in [6.07, 6.45) is 1.45. The second-order valence-corrected chi connectivity index (χ2v) is 6.79. The van der Waals surface area contributed by atoms with Crippen molar-refractivity contribution in [2.75, 3.05) is 18.5 Å². The molecule has 0 aromatic heterocycles. The van der Waals surface area contributed by atoms with E-state index in [1.54, 1.807) is 12.1 Å². The van der Waals surface area contributed by atoms with Crippen LogP contribution in [-0.4, -0.2) is 24.0 Å². The quantitative estimate of drug-likeness (QED) is 0.185. The van der Waals surface area contributed by atoms with Crippen LogP contribution in [0.5, 0.6) is 11.5 Å². The highest BCUT2D eigenvalue weighted by Gasteiger charge is 2.14. The topological polar surface area (TPSA) is 114 Å². The van der Waals surface area contributed by atoms with Crippen molar-refractivity contribution in [2.24, 2.45) is 0 Å². The minimum atomic E-state index is -0.622. The number of carbonyl (C=O) groups is 1. The number of nitriles is 1. The van der Waals surface area contributed by atoms with Gasteiger partial charge in [-0.2, -0.15) is 5.26 Å². The zero-order valence-electron chi connectivity index (χ0n) is 15.8. The first-order chi connectivity index (χ1) is 13.9. The number of hydrogen-bond donors (Lipinski definition) is 1. The van der Waals surface area contributed by atoms with Gasteiger partial charge in [0.15, 0.2) is 11.5 Å². The normalized spacial score (nSPS) is 10.8. The monoisotopic (exact) mass is 507 g/mol. The summed E-state index contributed by atoms with van der Waals surface area (Å²) in [5, 5.41) is 22.7. The molecule has 0 spiro atoms. The van der Waals surface area contributed by atoms with Crippen molar-refractivity contribution in [1.82, 2.24) is 0 Å². The van der Waals surface area contributed by atoms with E-state index in [0.29, 0.717) is 36.0 Å². The van der Waals surface area contributed by atoms with Gasteiger partial charge < -0.3 is 14.8 Å². The van der Waals surface area contributed by atoms with Gasteiger partial charge in [0.1, 0.15) is 11.6 Å². The van der Waals surface area contributed by atoms with Gasteiger partial charge in [0.2, 0.25) is 0 Å². The summed E-state index contributed by atoms with van der Waals surface area (Å²) in [5.41, 5.74) is 0.743. The fraction of sp³-hybridized carbons (Fsp3) is 0.200. The maximum Gasteiger partial charge on any atom is 0.269 e. The molecule has 0 heterocycles. The molecule has 0 aliphatic heterocycles. The molecule has 9 heteroatoms. The largest absolute Gasteiger partial charge is 0.490 e. The Labute approximate surface area is 181 Å². The first kappa shape index (κ1) is 22.2. The smallest absolute Gasteiger partial charge is 0.269 e. The molecule has 2 aromatic rings. The van der Waals surface area contributed by atoms with E-state index in [1.165, 1.54) is 30.3 Å². The molecule has 1 amide bonds. The number of benzene rings is 2. The Balaban J connectivity index is 2.29. The number of rotatable bonds is 8. The summed E-state index contributed by atoms with van der Waals surface area (Å²) < 4.78 is 12.0. The molecule has 0 aliphatic rings. The molecule has 0 fully saturated rings. The molecule has 0 bridgehead atoms. The van der Waals surface area contributed by atoms with E-state index in [9.17, 15) is 20.2 Å². The fourth-order valence-corrected chi connectivity index (χ4v) is 3.18. The van der Waals surface area contributed by atoms with Crippen LogP contribution in [0.25, 0.3) is 6.08 Å². The maximum absolute atomic E-state index is 12.4. The first-order valence-corrected chi connectivity index (χ1v) is 9.74. The lowest BCUT2D eigenvalue weighted by molar-refractivity contribution is -0.384. The summed E-state index contributed by atoms with van der Waals surface area (Å²) in [6.45, 7) is 4.64. The molecule has 0 radical (unpaired) electrons. The van der Waals surface area contributed by atoms with Gasteiger partial charge in [-0.25, -0.2) is 0 Å². The summed E-state index contributed by atoms with van der Waals surface area (Å²) in [6, 6.07) is 10.7. The highest BCUT2D eigenvalue weighted by atomic mass is 127. The van der Waals surface area contributed by atoms with Gasteiger partial charge >= 0.3 is 0 Å². The Morgan fingerprint density at radius 2 is 1.90 bits per heavy atom. The summed E-state index contributed by atoms with van der Waals surface area (Å²) in [7, 11) is 0. The number of amides is 1. The minimum absolute atomic E-state index is 0.0912. The maximum atomic E-state index is 12.4. The Morgan fingerprint density at radius 3 is 2.45 bits per heavy atom. The third-order valence-electron chi connectivity index (χ3n) is 3.63. The van der Waals surface area contributed by atoms with Crippen LogP contribution in [-0.2, 0) is 4.79 Å². The molecule has 0 atom stereocenters. The van der Waals surface area contributed by atoms with E-state index in [-0.39, 0.29) is 11.3 Å². The number of ether oxygens (including phenoxy) is 2. The zero-order valence-corrected chi connectivity index (χ0v) is 17.9. The molecule has 0 aliphatic carbocycles. The Hall–Kier alpha value is -3.13. The average Bonchev–Trinajstić information content (AvgIpc) is 2.69. The lowest BCUT2D eigenvalue weighted by atomic mass is 10.1. The van der Waals surface area contributed by atoms with E-state index in [1.807, 2.05) is 19.9 Å². The van der Waals surface area contributed by atoms with E-state index in [0.717, 1.165) is 3.57 Å². The van der Waals surface area contributed by atoms with Crippen LogP contribution in [0, 0.1) is 25.0 Å². The molecule has 29 heavy (non-hydrogen) atoms. The number of non-ortho nitro benzene ring substituents is 1. The number of nitro benzene ring substituents is 1. The molecule has 2 aromatic carbocycles. The van der Waals surface area contributed by atoms with Crippen LogP contribution in [0.4, 0.5) is 11.4 Å². The molecular formula is C20H18IN3O5. The van der Waals surface area contributed by atoms with Crippen LogP contribution in [0.15, 0.2) is 42.0 Å². The van der Waals surface area contributed by atoms with Crippen molar-refractivity contribution in [3.05, 3.63) is 61.2 Å². The Bertz CT molecular complexity index is 981. The lowest BCUT2D eigenvalue weighted by Gasteiger charge is -2.13. The number of hydrogen-bond acceptors (Lipinski definition) is 6. The van der Waals surface area contributed by atoms with Crippen molar-refractivity contribution < 1.29 is 19.2 Å². The van der Waals surface area contributed by atoms with E-state index in [4.69, 9.17) is 9.47 Å². The molecule has 2 rings (SSSR count). The number of carbonyl (C=O) groups excluding carboxylic acids is 1. The zero-order chi connectivity index (χ0) is 21.4. The van der Waals surface area contributed by atoms with Crippen LogP contribution >= 0.6 is 22.6 Å². The Kier molecular flexibility index (Phi) is 7.97. The summed E-state index contributed by atoms with van der Waals surface area (Å²) in [4.78, 5) is 22.6. The van der Waals surface area contributed by atoms with E-state index in [2.05, 4.69) is 27.9 Å². The number of nitrogens with one attached hydrogen (secondary N) is 1. The number of anilines is 1. The average molecular weight is 507 g/mol. The van der Waals surface area contributed by atoms with Gasteiger partial charge in [-0.05, 0) is 72.3 Å². The SMILES string of the molecule is CCOc1cc(/C=C(/C#N)C(=O)Nc2ccc([N+](=O)[O-])cc2)cc(I)c1OCC. The molecule has 1 N–H and O–H groups in total. The number of nitro groups is 1. The van der Waals surface area contributed by atoms with Crippen LogP contribution in [0.1, 0.15) is 19.4 Å². The van der Waals surface area contributed by atoms with Gasteiger partial charge in [-0.1, -0.05) is 0 Å². The number of halogens is 1. The van der Waals surface area contributed by atoms with Gasteiger partial charge in [-0.15, -0.1) is 0 Å².